The quantitative estimate of drug-likeness (QED) is 0.296. The number of aliphatic hydroxyl groups excluding tert-OH is 4. The molecule has 0 spiro atoms. The molecular formula is C27H33NO6. The molecular weight excluding hydrogens is 434 g/mol. The zero-order valence-corrected chi connectivity index (χ0v) is 19.1. The second-order valence-electron chi connectivity index (χ2n) is 9.42. The Bertz CT molecular complexity index is 1040. The second-order valence-corrected chi connectivity index (χ2v) is 9.42. The van der Waals surface area contributed by atoms with Crippen LogP contribution in [0, 0.1) is 11.8 Å². The van der Waals surface area contributed by atoms with Gasteiger partial charge in [-0.25, -0.2) is 0 Å². The molecule has 1 aliphatic heterocycles. The molecule has 1 saturated carbocycles. The van der Waals surface area contributed by atoms with E-state index < -0.39 is 42.7 Å². The van der Waals surface area contributed by atoms with Crippen LogP contribution in [0.1, 0.15) is 60.5 Å². The first kappa shape index (κ1) is 24.7. The highest BCUT2D eigenvalue weighted by Crippen LogP contribution is 2.34. The predicted octanol–water partition coefficient (Wildman–Crippen LogP) is 1.42. The Morgan fingerprint density at radius 2 is 1.65 bits per heavy atom. The van der Waals surface area contributed by atoms with E-state index in [1.165, 1.54) is 0 Å². The molecule has 0 radical (unpaired) electrons. The monoisotopic (exact) mass is 467 g/mol. The standard InChI is InChI=1S/C27H33NO6/c28-21-9-8-19(26-25(32)24(31)23(30)22(16-29)34-26)15-20(21)14-18-6-4-17(5-7-18)10-13-27(33)11-2-1-3-12-27/h4-9,15,22-26,29-33H,1-3,11-12,14,16,28H2/t22-,23-,24?,25-,26+/m1/s1. The van der Waals surface area contributed by atoms with Crippen LogP contribution in [0.25, 0.3) is 0 Å². The van der Waals surface area contributed by atoms with Gasteiger partial charge in [-0.15, -0.1) is 0 Å². The molecule has 182 valence electrons. The summed E-state index contributed by atoms with van der Waals surface area (Å²) in [6.07, 6.45) is -0.893. The van der Waals surface area contributed by atoms with Crippen molar-refractivity contribution in [1.29, 1.82) is 0 Å². The molecule has 1 heterocycles. The van der Waals surface area contributed by atoms with Gasteiger partial charge in [0.1, 0.15) is 36.1 Å². The lowest BCUT2D eigenvalue weighted by molar-refractivity contribution is -0.231. The predicted molar refractivity (Wildman–Crippen MR) is 128 cm³/mol. The van der Waals surface area contributed by atoms with Gasteiger partial charge in [0.2, 0.25) is 0 Å². The van der Waals surface area contributed by atoms with Gasteiger partial charge >= 0.3 is 0 Å². The summed E-state index contributed by atoms with van der Waals surface area (Å²) in [5.41, 5.74) is 9.18. The zero-order chi connectivity index (χ0) is 24.3. The van der Waals surface area contributed by atoms with E-state index in [9.17, 15) is 25.5 Å². The summed E-state index contributed by atoms with van der Waals surface area (Å²) in [7, 11) is 0. The topological polar surface area (TPSA) is 136 Å². The molecule has 1 saturated heterocycles. The Kier molecular flexibility index (Phi) is 7.58. The van der Waals surface area contributed by atoms with Gasteiger partial charge in [-0.2, -0.15) is 0 Å². The Labute approximate surface area is 199 Å². The first-order chi connectivity index (χ1) is 16.3. The van der Waals surface area contributed by atoms with Crippen molar-refractivity contribution < 1.29 is 30.3 Å². The van der Waals surface area contributed by atoms with Crippen LogP contribution in [-0.2, 0) is 11.2 Å². The molecule has 0 bridgehead atoms. The summed E-state index contributed by atoms with van der Waals surface area (Å²) in [5.74, 6) is 6.15. The minimum atomic E-state index is -1.43. The number of anilines is 1. The molecule has 7 heteroatoms. The molecule has 7 nitrogen and oxygen atoms in total. The van der Waals surface area contributed by atoms with E-state index >= 15 is 0 Å². The third-order valence-electron chi connectivity index (χ3n) is 6.86. The minimum Gasteiger partial charge on any atom is -0.398 e. The van der Waals surface area contributed by atoms with Gasteiger partial charge in [-0.1, -0.05) is 42.5 Å². The van der Waals surface area contributed by atoms with Crippen molar-refractivity contribution in [3.63, 3.8) is 0 Å². The average molecular weight is 468 g/mol. The summed E-state index contributed by atoms with van der Waals surface area (Å²) in [5, 5.41) is 50.6. The normalized spacial score (nSPS) is 28.7. The summed E-state index contributed by atoms with van der Waals surface area (Å²) in [6, 6.07) is 13.0. The Hall–Kier alpha value is -2.44. The maximum Gasteiger partial charge on any atom is 0.125 e. The number of nitrogens with two attached hydrogens (primary N) is 1. The first-order valence-electron chi connectivity index (χ1n) is 11.8. The summed E-state index contributed by atoms with van der Waals surface area (Å²) in [6.45, 7) is -0.476. The number of hydrogen-bond donors (Lipinski definition) is 6. The van der Waals surface area contributed by atoms with Gasteiger partial charge in [-0.05, 0) is 67.0 Å². The van der Waals surface area contributed by atoms with Crippen LogP contribution in [0.3, 0.4) is 0 Å². The fourth-order valence-corrected chi connectivity index (χ4v) is 4.71. The number of aliphatic hydroxyl groups is 5. The van der Waals surface area contributed by atoms with Crippen molar-refractivity contribution in [3.8, 4) is 11.8 Å². The van der Waals surface area contributed by atoms with Gasteiger partial charge in [0.25, 0.3) is 0 Å². The molecule has 2 aromatic rings. The van der Waals surface area contributed by atoms with Crippen LogP contribution >= 0.6 is 0 Å². The van der Waals surface area contributed by atoms with Crippen LogP contribution in [0.4, 0.5) is 5.69 Å². The van der Waals surface area contributed by atoms with E-state index in [0.29, 0.717) is 17.7 Å². The molecule has 1 unspecified atom stereocenters. The Morgan fingerprint density at radius 1 is 0.941 bits per heavy atom. The lowest BCUT2D eigenvalue weighted by Crippen LogP contribution is -2.55. The van der Waals surface area contributed by atoms with Crippen molar-refractivity contribution in [2.24, 2.45) is 0 Å². The van der Waals surface area contributed by atoms with Crippen LogP contribution in [0.2, 0.25) is 0 Å². The summed E-state index contributed by atoms with van der Waals surface area (Å²) < 4.78 is 5.68. The third-order valence-corrected chi connectivity index (χ3v) is 6.86. The van der Waals surface area contributed by atoms with Gasteiger partial charge in [0, 0.05) is 11.3 Å². The second kappa shape index (κ2) is 10.4. The summed E-state index contributed by atoms with van der Waals surface area (Å²) >= 11 is 0. The van der Waals surface area contributed by atoms with Crippen LogP contribution in [-0.4, -0.2) is 62.2 Å². The molecule has 2 fully saturated rings. The Morgan fingerprint density at radius 3 is 2.32 bits per heavy atom. The van der Waals surface area contributed by atoms with E-state index in [1.54, 1.807) is 12.1 Å². The van der Waals surface area contributed by atoms with Crippen LogP contribution < -0.4 is 5.73 Å². The molecule has 1 aliphatic carbocycles. The van der Waals surface area contributed by atoms with Gasteiger partial charge < -0.3 is 36.0 Å². The SMILES string of the molecule is Nc1ccc([C@@H]2O[C@H](CO)[C@@H](O)C(O)[C@H]2O)cc1Cc1ccc(C#CC2(O)CCCCC2)cc1. The highest BCUT2D eigenvalue weighted by atomic mass is 16.5. The van der Waals surface area contributed by atoms with Gasteiger partial charge in [0.15, 0.2) is 0 Å². The molecule has 7 N–H and O–H groups in total. The Balaban J connectivity index is 1.49. The number of ether oxygens (including phenoxy) is 1. The van der Waals surface area contributed by atoms with E-state index in [1.807, 2.05) is 30.3 Å². The van der Waals surface area contributed by atoms with Crippen molar-refractivity contribution >= 4 is 5.69 Å². The number of nitrogen functional groups attached to an aromatic ring is 1. The molecule has 5 atom stereocenters. The minimum absolute atomic E-state index is 0.476. The lowest BCUT2D eigenvalue weighted by atomic mass is 9.85. The van der Waals surface area contributed by atoms with Crippen LogP contribution in [0.5, 0.6) is 0 Å². The van der Waals surface area contributed by atoms with Crippen LogP contribution in [0.15, 0.2) is 42.5 Å². The van der Waals surface area contributed by atoms with Gasteiger partial charge in [0.05, 0.1) is 6.61 Å². The number of rotatable bonds is 4. The number of hydrogen-bond acceptors (Lipinski definition) is 7. The fourth-order valence-electron chi connectivity index (χ4n) is 4.71. The highest BCUT2D eigenvalue weighted by molar-refractivity contribution is 5.51. The smallest absolute Gasteiger partial charge is 0.125 e. The van der Waals surface area contributed by atoms with E-state index in [2.05, 4.69) is 11.8 Å². The fraction of sp³-hybridized carbons (Fsp3) is 0.481. The third kappa shape index (κ3) is 5.44. The van der Waals surface area contributed by atoms with Gasteiger partial charge in [-0.3, -0.25) is 0 Å². The van der Waals surface area contributed by atoms with Crippen molar-refractivity contribution in [1.82, 2.24) is 0 Å². The summed E-state index contributed by atoms with van der Waals surface area (Å²) in [4.78, 5) is 0. The van der Waals surface area contributed by atoms with E-state index in [0.717, 1.165) is 48.8 Å². The molecule has 2 aromatic carbocycles. The van der Waals surface area contributed by atoms with Crippen molar-refractivity contribution in [2.75, 3.05) is 12.3 Å². The molecule has 0 aromatic heterocycles. The average Bonchev–Trinajstić information content (AvgIpc) is 2.84. The largest absolute Gasteiger partial charge is 0.398 e. The molecule has 2 aliphatic rings. The maximum absolute atomic E-state index is 10.6. The zero-order valence-electron chi connectivity index (χ0n) is 19.1. The molecule has 0 amide bonds. The number of benzene rings is 2. The van der Waals surface area contributed by atoms with Crippen molar-refractivity contribution in [3.05, 3.63) is 64.7 Å². The van der Waals surface area contributed by atoms with E-state index in [4.69, 9.17) is 10.5 Å². The lowest BCUT2D eigenvalue weighted by Gasteiger charge is -2.40. The maximum atomic E-state index is 10.6. The molecule has 4 rings (SSSR count). The first-order valence-corrected chi connectivity index (χ1v) is 11.8. The molecule has 34 heavy (non-hydrogen) atoms. The van der Waals surface area contributed by atoms with Crippen molar-refractivity contribution in [2.45, 2.75) is 74.6 Å². The highest BCUT2D eigenvalue weighted by Gasteiger charge is 2.44. The van der Waals surface area contributed by atoms with E-state index in [-0.39, 0.29) is 0 Å².